The van der Waals surface area contributed by atoms with Gasteiger partial charge in [-0.15, -0.1) is 10.2 Å². The highest BCUT2D eigenvalue weighted by Crippen LogP contribution is 2.30. The number of aromatic nitrogens is 3. The summed E-state index contributed by atoms with van der Waals surface area (Å²) in [7, 11) is 1.54. The molecule has 0 aromatic carbocycles. The lowest BCUT2D eigenvalue weighted by Gasteiger charge is -2.26. The zero-order valence-corrected chi connectivity index (χ0v) is 11.0. The smallest absolute Gasteiger partial charge is 0.297 e. The number of aliphatic hydroxyl groups excluding tert-OH is 1. The molecule has 0 radical (unpaired) electrons. The standard InChI is InChI=1S/C11H17F2N3OS/c1-16-10(9(12)13)14-15-11(16)18-6-7-4-2-3-5-8(7)17/h7-9,17H,2-6H2,1H3. The molecule has 1 N–H and O–H groups in total. The van der Waals surface area contributed by atoms with Crippen molar-refractivity contribution < 1.29 is 13.9 Å². The predicted molar refractivity (Wildman–Crippen MR) is 64.6 cm³/mol. The lowest BCUT2D eigenvalue weighted by atomic mass is 9.88. The van der Waals surface area contributed by atoms with Crippen LogP contribution in [-0.4, -0.2) is 31.7 Å². The zero-order chi connectivity index (χ0) is 13.1. The van der Waals surface area contributed by atoms with Crippen LogP contribution in [0.15, 0.2) is 5.16 Å². The van der Waals surface area contributed by atoms with Gasteiger partial charge in [0, 0.05) is 12.8 Å². The van der Waals surface area contributed by atoms with E-state index in [1.54, 1.807) is 7.05 Å². The molecule has 0 saturated heterocycles. The summed E-state index contributed by atoms with van der Waals surface area (Å²) in [5.41, 5.74) is 0. The van der Waals surface area contributed by atoms with E-state index in [1.807, 2.05) is 0 Å². The van der Waals surface area contributed by atoms with Gasteiger partial charge < -0.3 is 9.67 Å². The van der Waals surface area contributed by atoms with Gasteiger partial charge in [0.25, 0.3) is 6.43 Å². The fourth-order valence-corrected chi connectivity index (χ4v) is 3.34. The fraction of sp³-hybridized carbons (Fsp3) is 0.818. The summed E-state index contributed by atoms with van der Waals surface area (Å²) in [6.45, 7) is 0. The van der Waals surface area contributed by atoms with Gasteiger partial charge in [0.15, 0.2) is 5.16 Å². The lowest BCUT2D eigenvalue weighted by Crippen LogP contribution is -2.26. The number of alkyl halides is 2. The van der Waals surface area contributed by atoms with Crippen LogP contribution in [0.25, 0.3) is 0 Å². The third-order valence-corrected chi connectivity index (χ3v) is 4.57. The molecule has 2 unspecified atom stereocenters. The Morgan fingerprint density at radius 1 is 1.39 bits per heavy atom. The molecule has 0 spiro atoms. The number of rotatable bonds is 4. The summed E-state index contributed by atoms with van der Waals surface area (Å²) in [6, 6.07) is 0. The number of aliphatic hydroxyl groups is 1. The minimum Gasteiger partial charge on any atom is -0.393 e. The molecule has 0 aliphatic heterocycles. The van der Waals surface area contributed by atoms with Gasteiger partial charge >= 0.3 is 0 Å². The quantitative estimate of drug-likeness (QED) is 0.859. The van der Waals surface area contributed by atoms with Crippen LogP contribution < -0.4 is 0 Å². The van der Waals surface area contributed by atoms with E-state index < -0.39 is 6.43 Å². The van der Waals surface area contributed by atoms with Gasteiger partial charge in [-0.1, -0.05) is 24.6 Å². The van der Waals surface area contributed by atoms with E-state index in [9.17, 15) is 13.9 Å². The molecule has 102 valence electrons. The molecule has 1 fully saturated rings. The summed E-state index contributed by atoms with van der Waals surface area (Å²) in [5, 5.41) is 17.6. The van der Waals surface area contributed by atoms with Crippen molar-refractivity contribution in [2.75, 3.05) is 5.75 Å². The van der Waals surface area contributed by atoms with Crippen molar-refractivity contribution in [2.24, 2.45) is 13.0 Å². The molecule has 2 atom stereocenters. The Hall–Kier alpha value is -0.690. The summed E-state index contributed by atoms with van der Waals surface area (Å²) in [6.07, 6.45) is 1.16. The van der Waals surface area contributed by atoms with Crippen LogP contribution in [0.3, 0.4) is 0 Å². The Labute approximate surface area is 109 Å². The topological polar surface area (TPSA) is 50.9 Å². The van der Waals surface area contributed by atoms with Crippen molar-refractivity contribution >= 4 is 11.8 Å². The summed E-state index contributed by atoms with van der Waals surface area (Å²) in [4.78, 5) is 0. The monoisotopic (exact) mass is 277 g/mol. The lowest BCUT2D eigenvalue weighted by molar-refractivity contribution is 0.0816. The van der Waals surface area contributed by atoms with Crippen molar-refractivity contribution in [3.8, 4) is 0 Å². The number of hydrogen-bond donors (Lipinski definition) is 1. The molecule has 1 aromatic heterocycles. The third-order valence-electron chi connectivity index (χ3n) is 3.36. The van der Waals surface area contributed by atoms with Crippen LogP contribution in [0.4, 0.5) is 8.78 Å². The zero-order valence-electron chi connectivity index (χ0n) is 10.2. The van der Waals surface area contributed by atoms with Crippen molar-refractivity contribution in [2.45, 2.75) is 43.4 Å². The van der Waals surface area contributed by atoms with Crippen LogP contribution in [0.1, 0.15) is 37.9 Å². The summed E-state index contributed by atoms with van der Waals surface area (Å²) in [5.74, 6) is 0.633. The second-order valence-corrected chi connectivity index (χ2v) is 5.61. The van der Waals surface area contributed by atoms with E-state index in [0.29, 0.717) is 10.9 Å². The van der Waals surface area contributed by atoms with E-state index in [4.69, 9.17) is 0 Å². The first-order valence-electron chi connectivity index (χ1n) is 6.08. The number of thioether (sulfide) groups is 1. The highest BCUT2D eigenvalue weighted by Gasteiger charge is 2.24. The molecule has 2 rings (SSSR count). The van der Waals surface area contributed by atoms with Gasteiger partial charge in [-0.2, -0.15) is 0 Å². The second kappa shape index (κ2) is 5.97. The molecular weight excluding hydrogens is 260 g/mol. The maximum absolute atomic E-state index is 12.5. The van der Waals surface area contributed by atoms with Gasteiger partial charge in [0.05, 0.1) is 6.10 Å². The van der Waals surface area contributed by atoms with Gasteiger partial charge in [-0.3, -0.25) is 0 Å². The minimum atomic E-state index is -2.60. The molecule has 1 saturated carbocycles. The van der Waals surface area contributed by atoms with Gasteiger partial charge in [-0.25, -0.2) is 8.78 Å². The highest BCUT2D eigenvalue weighted by atomic mass is 32.2. The molecule has 1 aromatic rings. The van der Waals surface area contributed by atoms with Crippen LogP contribution in [0.5, 0.6) is 0 Å². The van der Waals surface area contributed by atoms with Crippen LogP contribution in [0, 0.1) is 5.92 Å². The Morgan fingerprint density at radius 3 is 2.72 bits per heavy atom. The Morgan fingerprint density at radius 2 is 2.11 bits per heavy atom. The second-order valence-electron chi connectivity index (χ2n) is 4.62. The molecule has 0 amide bonds. The molecule has 1 aliphatic rings. The third kappa shape index (κ3) is 3.00. The Balaban J connectivity index is 1.93. The SMILES string of the molecule is Cn1c(SCC2CCCCC2O)nnc1C(F)F. The maximum atomic E-state index is 12.5. The maximum Gasteiger partial charge on any atom is 0.297 e. The van der Waals surface area contributed by atoms with Gasteiger partial charge in [0.1, 0.15) is 0 Å². The van der Waals surface area contributed by atoms with Crippen LogP contribution in [-0.2, 0) is 7.05 Å². The number of hydrogen-bond acceptors (Lipinski definition) is 4. The predicted octanol–water partition coefficient (Wildman–Crippen LogP) is 2.40. The first-order chi connectivity index (χ1) is 8.59. The van der Waals surface area contributed by atoms with E-state index in [0.717, 1.165) is 25.7 Å². The van der Waals surface area contributed by atoms with Crippen LogP contribution in [0.2, 0.25) is 0 Å². The van der Waals surface area contributed by atoms with E-state index in [2.05, 4.69) is 10.2 Å². The average molecular weight is 277 g/mol. The minimum absolute atomic E-state index is 0.232. The van der Waals surface area contributed by atoms with Crippen molar-refractivity contribution in [1.82, 2.24) is 14.8 Å². The largest absolute Gasteiger partial charge is 0.393 e. The highest BCUT2D eigenvalue weighted by molar-refractivity contribution is 7.99. The first kappa shape index (κ1) is 13.7. The molecule has 0 bridgehead atoms. The van der Waals surface area contributed by atoms with Gasteiger partial charge in [-0.05, 0) is 18.8 Å². The molecule has 1 heterocycles. The van der Waals surface area contributed by atoms with E-state index in [1.165, 1.54) is 16.3 Å². The van der Waals surface area contributed by atoms with E-state index in [-0.39, 0.29) is 17.8 Å². The fourth-order valence-electron chi connectivity index (χ4n) is 2.21. The molecule has 7 heteroatoms. The molecule has 18 heavy (non-hydrogen) atoms. The molecule has 4 nitrogen and oxygen atoms in total. The summed E-state index contributed by atoms with van der Waals surface area (Å²) < 4.78 is 26.4. The van der Waals surface area contributed by atoms with Crippen LogP contribution >= 0.6 is 11.8 Å². The average Bonchev–Trinajstić information content (AvgIpc) is 2.70. The van der Waals surface area contributed by atoms with Gasteiger partial charge in [0.2, 0.25) is 5.82 Å². The van der Waals surface area contributed by atoms with E-state index >= 15 is 0 Å². The molecule has 1 aliphatic carbocycles. The first-order valence-corrected chi connectivity index (χ1v) is 7.06. The molecular formula is C11H17F2N3OS. The Bertz CT molecular complexity index is 400. The Kier molecular flexibility index (Phi) is 4.55. The normalized spacial score (nSPS) is 24.7. The van der Waals surface area contributed by atoms with Crippen molar-refractivity contribution in [3.05, 3.63) is 5.82 Å². The number of nitrogens with zero attached hydrogens (tertiary/aromatic N) is 3. The van der Waals surface area contributed by atoms with Crippen molar-refractivity contribution in [1.29, 1.82) is 0 Å². The summed E-state index contributed by atoms with van der Waals surface area (Å²) >= 11 is 1.39. The van der Waals surface area contributed by atoms with Crippen molar-refractivity contribution in [3.63, 3.8) is 0 Å². The number of halogens is 2.